The number of pyridine rings is 2. The van der Waals surface area contributed by atoms with Crippen molar-refractivity contribution in [2.24, 2.45) is 0 Å². The molecule has 0 spiro atoms. The highest BCUT2D eigenvalue weighted by Gasteiger charge is 2.31. The summed E-state index contributed by atoms with van der Waals surface area (Å²) in [6.45, 7) is 14.8. The van der Waals surface area contributed by atoms with Crippen molar-refractivity contribution < 1.29 is 13.8 Å². The summed E-state index contributed by atoms with van der Waals surface area (Å²) in [7, 11) is 1.67. The zero-order valence-electron chi connectivity index (χ0n) is 41.9. The number of anilines is 2. The molecule has 0 bridgehead atoms. The van der Waals surface area contributed by atoms with Crippen LogP contribution in [0.4, 0.5) is 11.6 Å². The summed E-state index contributed by atoms with van der Waals surface area (Å²) in [4.78, 5) is 17.9. The van der Waals surface area contributed by atoms with Crippen LogP contribution in [-0.4, -0.2) is 50.0 Å². The maximum absolute atomic E-state index is 5.91. The number of imidazole rings is 1. The Morgan fingerprint density at radius 2 is 1.12 bits per heavy atom. The number of aromatic nitrogens is 6. The maximum Gasteiger partial charge on any atom is 0.176 e. The summed E-state index contributed by atoms with van der Waals surface area (Å²) in [6.07, 6.45) is 11.7. The van der Waals surface area contributed by atoms with Crippen molar-refractivity contribution in [3.05, 3.63) is 195 Å². The van der Waals surface area contributed by atoms with E-state index in [-0.39, 0.29) is 12.1 Å². The van der Waals surface area contributed by atoms with E-state index in [0.29, 0.717) is 0 Å². The van der Waals surface area contributed by atoms with Gasteiger partial charge in [0.15, 0.2) is 23.2 Å². The van der Waals surface area contributed by atoms with E-state index in [4.69, 9.17) is 13.8 Å². The number of methoxy groups -OCH3 is 1. The molecule has 5 aromatic heterocycles. The Balaban J connectivity index is 0.000000129. The van der Waals surface area contributed by atoms with Gasteiger partial charge in [0.1, 0.15) is 11.3 Å². The van der Waals surface area contributed by atoms with Crippen LogP contribution in [0.1, 0.15) is 83.4 Å². The number of rotatable bonds is 8. The second-order valence-corrected chi connectivity index (χ2v) is 19.6. The van der Waals surface area contributed by atoms with Crippen molar-refractivity contribution in [1.82, 2.24) is 29.8 Å². The Morgan fingerprint density at radius 3 is 1.67 bits per heavy atom. The lowest BCUT2D eigenvalue weighted by Crippen LogP contribution is -2.32. The van der Waals surface area contributed by atoms with Crippen LogP contribution in [0.25, 0.3) is 50.1 Å². The number of benzene rings is 5. The van der Waals surface area contributed by atoms with Gasteiger partial charge in [-0.15, -0.1) is 0 Å². The average Bonchev–Trinajstić information content (AvgIpc) is 4.18. The molecule has 0 unspecified atom stereocenters. The van der Waals surface area contributed by atoms with Gasteiger partial charge in [0.25, 0.3) is 0 Å². The second-order valence-electron chi connectivity index (χ2n) is 18.8. The van der Waals surface area contributed by atoms with E-state index in [9.17, 15) is 0 Å². The summed E-state index contributed by atoms with van der Waals surface area (Å²) in [5, 5.41) is 11.1. The minimum Gasteiger partial charge on any atom is -0.496 e. The number of halogens is 1. The van der Waals surface area contributed by atoms with Crippen LogP contribution < -0.4 is 14.5 Å². The monoisotopic (exact) mass is 1020 g/mol. The number of fused-ring (bicyclic) bond motifs is 5. The molecule has 0 radical (unpaired) electrons. The zero-order valence-corrected chi connectivity index (χ0v) is 43.5. The Labute approximate surface area is 429 Å². The fraction of sp³-hybridized carbons (Fsp3) is 0.250. The first-order valence-corrected chi connectivity index (χ1v) is 25.5. The highest BCUT2D eigenvalue weighted by Crippen LogP contribution is 2.41. The van der Waals surface area contributed by atoms with E-state index in [1.165, 1.54) is 38.9 Å². The first kappa shape index (κ1) is 48.1. The SMILES string of the molecule is COc1ccnc2c1ccc1c(C)ccnc12.Cc1cc(-c2onc3c2CCCN3[C@@H](C)c2ccccc2)ccc1Br.Cc1cn(-c2ccc(-c3onc4c3CCCN4[C@@H](C)c3ccccc3)cc2C)cn1. The number of aryl methyl sites for hydroxylation is 4. The Kier molecular flexibility index (Phi) is 14.0. The number of hydrogen-bond acceptors (Lipinski definition) is 10. The van der Waals surface area contributed by atoms with Crippen molar-refractivity contribution in [3.8, 4) is 34.1 Å². The van der Waals surface area contributed by atoms with Gasteiger partial charge in [0.2, 0.25) is 0 Å². The fourth-order valence-electron chi connectivity index (χ4n) is 10.1. The van der Waals surface area contributed by atoms with Gasteiger partial charge >= 0.3 is 0 Å². The van der Waals surface area contributed by atoms with Gasteiger partial charge in [0, 0.05) is 74.9 Å². The minimum absolute atomic E-state index is 0.261. The van der Waals surface area contributed by atoms with Gasteiger partial charge < -0.3 is 28.1 Å². The predicted octanol–water partition coefficient (Wildman–Crippen LogP) is 14.7. The molecular formula is C60H59BrN8O3. The van der Waals surface area contributed by atoms with Crippen LogP contribution >= 0.6 is 15.9 Å². The van der Waals surface area contributed by atoms with E-state index in [2.05, 4.69) is 193 Å². The van der Waals surface area contributed by atoms with Crippen molar-refractivity contribution in [1.29, 1.82) is 0 Å². The molecule has 72 heavy (non-hydrogen) atoms. The Morgan fingerprint density at radius 1 is 0.583 bits per heavy atom. The number of nitrogens with zero attached hydrogens (tertiary/aromatic N) is 8. The van der Waals surface area contributed by atoms with Crippen molar-refractivity contribution in [2.45, 2.75) is 79.3 Å². The van der Waals surface area contributed by atoms with Crippen LogP contribution in [0.3, 0.4) is 0 Å². The molecule has 11 nitrogen and oxygen atoms in total. The Hall–Kier alpha value is -7.57. The molecule has 12 rings (SSSR count). The van der Waals surface area contributed by atoms with Crippen molar-refractivity contribution in [2.75, 3.05) is 30.0 Å². The molecule has 0 saturated carbocycles. The standard InChI is InChI=1S/C25H26N4O.C21H21BrN2O.C14H12N2O/c1-17-14-21(11-12-23(17)28-15-18(2)26-16-28)24-22-10-7-13-29(25(22)27-30-24)19(3)20-8-5-4-6-9-20;1-14-13-17(10-11-19(14)22)20-18-9-6-12-24(21(18)23-25-20)15(2)16-7-4-3-5-8-16;1-9-5-7-15-13-10(9)3-4-11-12(17-2)6-8-16-14(11)13/h4-6,8-9,11-12,14-16,19H,7,10,13H2,1-3H3;3-5,7-8,10-11,13,15H,6,9,12H2,1-2H3;3-8H,1-2H3/t19-;15-;/m00./s1. The molecule has 0 aliphatic carbocycles. The predicted molar refractivity (Wildman–Crippen MR) is 292 cm³/mol. The van der Waals surface area contributed by atoms with E-state index < -0.39 is 0 Å². The molecule has 0 saturated heterocycles. The van der Waals surface area contributed by atoms with Crippen molar-refractivity contribution >= 4 is 49.4 Å². The van der Waals surface area contributed by atoms with Crippen molar-refractivity contribution in [3.63, 3.8) is 0 Å². The molecule has 364 valence electrons. The maximum atomic E-state index is 5.91. The van der Waals surface area contributed by atoms with Gasteiger partial charge in [-0.05, 0) is 150 Å². The largest absolute Gasteiger partial charge is 0.496 e. The lowest BCUT2D eigenvalue weighted by atomic mass is 9.97. The normalized spacial score (nSPS) is 13.9. The minimum atomic E-state index is 0.261. The molecule has 5 aromatic carbocycles. The first-order chi connectivity index (χ1) is 35.1. The summed E-state index contributed by atoms with van der Waals surface area (Å²) >= 11 is 3.57. The summed E-state index contributed by atoms with van der Waals surface area (Å²) in [6, 6.07) is 42.5. The highest BCUT2D eigenvalue weighted by atomic mass is 79.9. The molecular weight excluding hydrogens is 961 g/mol. The van der Waals surface area contributed by atoms with Gasteiger partial charge in [-0.1, -0.05) is 93.0 Å². The van der Waals surface area contributed by atoms with Gasteiger partial charge in [0.05, 0.1) is 36.7 Å². The van der Waals surface area contributed by atoms with Gasteiger partial charge in [-0.2, -0.15) is 0 Å². The molecule has 2 atom stereocenters. The summed E-state index contributed by atoms with van der Waals surface area (Å²) in [5.41, 5.74) is 14.8. The number of ether oxygens (including phenoxy) is 1. The molecule has 0 fully saturated rings. The number of hydrogen-bond donors (Lipinski definition) is 0. The Bertz CT molecular complexity index is 3490. The van der Waals surface area contributed by atoms with Gasteiger partial charge in [-0.25, -0.2) is 4.98 Å². The van der Waals surface area contributed by atoms with Crippen LogP contribution in [0.5, 0.6) is 5.75 Å². The molecule has 7 heterocycles. The summed E-state index contributed by atoms with van der Waals surface area (Å²) < 4.78 is 20.2. The second kappa shape index (κ2) is 21.0. The van der Waals surface area contributed by atoms with Crippen LogP contribution in [0.2, 0.25) is 0 Å². The smallest absolute Gasteiger partial charge is 0.176 e. The third kappa shape index (κ3) is 9.63. The van der Waals surface area contributed by atoms with E-state index in [1.807, 2.05) is 43.8 Å². The van der Waals surface area contributed by atoms with E-state index in [0.717, 1.165) is 116 Å². The average molecular weight is 1020 g/mol. The van der Waals surface area contributed by atoms with Crippen LogP contribution in [-0.2, 0) is 12.8 Å². The third-order valence-electron chi connectivity index (χ3n) is 14.1. The zero-order chi connectivity index (χ0) is 49.9. The highest BCUT2D eigenvalue weighted by molar-refractivity contribution is 9.10. The summed E-state index contributed by atoms with van der Waals surface area (Å²) in [5.74, 6) is 4.62. The molecule has 0 amide bonds. The van der Waals surface area contributed by atoms with Crippen LogP contribution in [0, 0.1) is 27.7 Å². The van der Waals surface area contributed by atoms with Crippen LogP contribution in [0.15, 0.2) is 160 Å². The molecule has 0 N–H and O–H groups in total. The van der Waals surface area contributed by atoms with E-state index >= 15 is 0 Å². The quantitative estimate of drug-likeness (QED) is 0.136. The molecule has 10 aromatic rings. The lowest BCUT2D eigenvalue weighted by molar-refractivity contribution is 0.419. The topological polar surface area (TPSA) is 111 Å². The molecule has 12 heteroatoms. The first-order valence-electron chi connectivity index (χ1n) is 24.7. The van der Waals surface area contributed by atoms with Gasteiger partial charge in [-0.3, -0.25) is 9.97 Å². The lowest BCUT2D eigenvalue weighted by Gasteiger charge is -2.33. The fourth-order valence-corrected chi connectivity index (χ4v) is 10.4. The van der Waals surface area contributed by atoms with E-state index in [1.54, 1.807) is 13.3 Å². The molecule has 2 aliphatic rings. The molecule has 2 aliphatic heterocycles. The third-order valence-corrected chi connectivity index (χ3v) is 15.0.